The van der Waals surface area contributed by atoms with Gasteiger partial charge in [0.25, 0.3) is 0 Å². The smallest absolute Gasteiger partial charge is 0.234 e. The van der Waals surface area contributed by atoms with Gasteiger partial charge in [0.15, 0.2) is 11.5 Å². The summed E-state index contributed by atoms with van der Waals surface area (Å²) < 4.78 is 24.3. The van der Waals surface area contributed by atoms with Crippen LogP contribution in [0.2, 0.25) is 0 Å². The number of nitrogens with one attached hydrogen (secondary N) is 1. The maximum absolute atomic E-state index is 13.0. The minimum atomic E-state index is -0.261. The van der Waals surface area contributed by atoms with E-state index in [1.54, 1.807) is 12.1 Å². The topological polar surface area (TPSA) is 50.8 Å². The van der Waals surface area contributed by atoms with Crippen molar-refractivity contribution in [3.8, 4) is 11.5 Å². The standard InChI is InChI=1S/C22H27FN2O3/c1-15(2)22(17-6-9-19-20(12-17)28-11-10-27-19)24-21(26)14-25(3)13-16-4-7-18(23)8-5-16/h4-9,12,15,22H,10-11,13-14H2,1-3H3,(H,24,26)/t22-/m1/s1. The zero-order valence-electron chi connectivity index (χ0n) is 16.6. The third kappa shape index (κ3) is 5.23. The molecule has 5 nitrogen and oxygen atoms in total. The number of likely N-dealkylation sites (N-methyl/N-ethyl adjacent to an activating group) is 1. The number of rotatable bonds is 7. The van der Waals surface area contributed by atoms with Gasteiger partial charge in [0, 0.05) is 6.54 Å². The van der Waals surface area contributed by atoms with Gasteiger partial charge >= 0.3 is 0 Å². The molecule has 6 heteroatoms. The summed E-state index contributed by atoms with van der Waals surface area (Å²) in [7, 11) is 1.87. The first-order chi connectivity index (χ1) is 13.4. The normalized spacial score (nSPS) is 14.2. The fraction of sp³-hybridized carbons (Fsp3) is 0.409. The largest absolute Gasteiger partial charge is 0.486 e. The molecule has 3 rings (SSSR count). The van der Waals surface area contributed by atoms with Crippen molar-refractivity contribution in [1.29, 1.82) is 0 Å². The molecule has 28 heavy (non-hydrogen) atoms. The number of amides is 1. The van der Waals surface area contributed by atoms with Crippen LogP contribution in [-0.4, -0.2) is 37.6 Å². The van der Waals surface area contributed by atoms with E-state index >= 15 is 0 Å². The van der Waals surface area contributed by atoms with E-state index in [0.29, 0.717) is 19.8 Å². The number of carbonyl (C=O) groups excluding carboxylic acids is 1. The third-order valence-electron chi connectivity index (χ3n) is 4.69. The summed E-state index contributed by atoms with van der Waals surface area (Å²) in [5, 5.41) is 3.13. The van der Waals surface area contributed by atoms with E-state index in [4.69, 9.17) is 9.47 Å². The van der Waals surface area contributed by atoms with Crippen LogP contribution < -0.4 is 14.8 Å². The first kappa shape index (κ1) is 20.1. The van der Waals surface area contributed by atoms with E-state index in [1.807, 2.05) is 30.1 Å². The molecule has 0 aromatic heterocycles. The molecule has 1 aliphatic heterocycles. The van der Waals surface area contributed by atoms with E-state index in [0.717, 1.165) is 22.6 Å². The van der Waals surface area contributed by atoms with Crippen molar-refractivity contribution in [2.75, 3.05) is 26.8 Å². The van der Waals surface area contributed by atoms with Crippen molar-refractivity contribution in [1.82, 2.24) is 10.2 Å². The monoisotopic (exact) mass is 386 g/mol. The van der Waals surface area contributed by atoms with Gasteiger partial charge in [-0.2, -0.15) is 0 Å². The first-order valence-electron chi connectivity index (χ1n) is 9.54. The number of nitrogens with zero attached hydrogens (tertiary/aromatic N) is 1. The highest BCUT2D eigenvalue weighted by Gasteiger charge is 2.22. The van der Waals surface area contributed by atoms with Crippen LogP contribution in [0, 0.1) is 11.7 Å². The molecule has 0 saturated carbocycles. The summed E-state index contributed by atoms with van der Waals surface area (Å²) in [5.41, 5.74) is 1.96. The fourth-order valence-corrected chi connectivity index (χ4v) is 3.31. The zero-order chi connectivity index (χ0) is 20.1. The van der Waals surface area contributed by atoms with Gasteiger partial charge in [-0.05, 0) is 48.4 Å². The summed E-state index contributed by atoms with van der Waals surface area (Å²) in [6, 6.07) is 12.0. The highest BCUT2D eigenvalue weighted by Crippen LogP contribution is 2.34. The van der Waals surface area contributed by atoms with Crippen LogP contribution in [-0.2, 0) is 11.3 Å². The van der Waals surface area contributed by atoms with E-state index in [9.17, 15) is 9.18 Å². The first-order valence-corrected chi connectivity index (χ1v) is 9.54. The fourth-order valence-electron chi connectivity index (χ4n) is 3.31. The predicted molar refractivity (Wildman–Crippen MR) is 106 cm³/mol. The lowest BCUT2D eigenvalue weighted by Gasteiger charge is -2.26. The lowest BCUT2D eigenvalue weighted by Crippen LogP contribution is -2.38. The molecule has 0 spiro atoms. The lowest BCUT2D eigenvalue weighted by molar-refractivity contribution is -0.123. The number of benzene rings is 2. The van der Waals surface area contributed by atoms with Gasteiger partial charge in [0.05, 0.1) is 12.6 Å². The number of hydrogen-bond acceptors (Lipinski definition) is 4. The van der Waals surface area contributed by atoms with Crippen molar-refractivity contribution in [3.63, 3.8) is 0 Å². The van der Waals surface area contributed by atoms with E-state index in [2.05, 4.69) is 19.2 Å². The second-order valence-corrected chi connectivity index (χ2v) is 7.49. The van der Waals surface area contributed by atoms with Crippen molar-refractivity contribution in [2.45, 2.75) is 26.4 Å². The maximum atomic E-state index is 13.0. The molecule has 2 aromatic rings. The summed E-state index contributed by atoms with van der Waals surface area (Å²) in [4.78, 5) is 14.5. The molecule has 1 amide bonds. The van der Waals surface area contributed by atoms with Gasteiger partial charge in [-0.3, -0.25) is 9.69 Å². The Labute approximate surface area is 165 Å². The molecule has 0 unspecified atom stereocenters. The molecular formula is C22H27FN2O3. The van der Waals surface area contributed by atoms with Crippen LogP contribution in [0.25, 0.3) is 0 Å². The van der Waals surface area contributed by atoms with E-state index in [1.165, 1.54) is 12.1 Å². The maximum Gasteiger partial charge on any atom is 0.234 e. The minimum absolute atomic E-state index is 0.0572. The predicted octanol–water partition coefficient (Wildman–Crippen LogP) is 3.54. The van der Waals surface area contributed by atoms with E-state index in [-0.39, 0.29) is 30.2 Å². The molecule has 1 aliphatic rings. The van der Waals surface area contributed by atoms with Crippen molar-refractivity contribution < 1.29 is 18.7 Å². The van der Waals surface area contributed by atoms with Crippen LogP contribution in [0.1, 0.15) is 31.0 Å². The molecule has 0 saturated heterocycles. The number of carbonyl (C=O) groups is 1. The average Bonchev–Trinajstić information content (AvgIpc) is 2.67. The Balaban J connectivity index is 1.62. The van der Waals surface area contributed by atoms with Gasteiger partial charge in [-0.15, -0.1) is 0 Å². The molecule has 0 aliphatic carbocycles. The molecule has 150 valence electrons. The summed E-state index contributed by atoms with van der Waals surface area (Å²) >= 11 is 0. The second-order valence-electron chi connectivity index (χ2n) is 7.49. The van der Waals surface area contributed by atoms with Crippen LogP contribution in [0.5, 0.6) is 11.5 Å². The number of ether oxygens (including phenoxy) is 2. The van der Waals surface area contributed by atoms with Crippen molar-refractivity contribution >= 4 is 5.91 Å². The zero-order valence-corrected chi connectivity index (χ0v) is 16.6. The molecular weight excluding hydrogens is 359 g/mol. The molecule has 2 aromatic carbocycles. The Morgan fingerprint density at radius 3 is 2.46 bits per heavy atom. The molecule has 1 atom stereocenters. The molecule has 1 N–H and O–H groups in total. The van der Waals surface area contributed by atoms with Gasteiger partial charge < -0.3 is 14.8 Å². The quantitative estimate of drug-likeness (QED) is 0.791. The van der Waals surface area contributed by atoms with E-state index < -0.39 is 0 Å². The lowest BCUT2D eigenvalue weighted by atomic mass is 9.95. The minimum Gasteiger partial charge on any atom is -0.486 e. The third-order valence-corrected chi connectivity index (χ3v) is 4.69. The molecule has 0 radical (unpaired) electrons. The Morgan fingerprint density at radius 2 is 1.79 bits per heavy atom. The number of halogens is 1. The SMILES string of the molecule is CC(C)[C@@H](NC(=O)CN(C)Cc1ccc(F)cc1)c1ccc2c(c1)OCCO2. The van der Waals surface area contributed by atoms with Crippen molar-refractivity contribution in [2.24, 2.45) is 5.92 Å². The summed E-state index contributed by atoms with van der Waals surface area (Å²) in [5.74, 6) is 1.36. The van der Waals surface area contributed by atoms with Crippen LogP contribution in [0.15, 0.2) is 42.5 Å². The molecule has 0 bridgehead atoms. The summed E-state index contributed by atoms with van der Waals surface area (Å²) in [6.45, 7) is 6.06. The Kier molecular flexibility index (Phi) is 6.52. The Bertz CT molecular complexity index is 808. The highest BCUT2D eigenvalue weighted by molar-refractivity contribution is 5.78. The molecule has 1 heterocycles. The number of hydrogen-bond donors (Lipinski definition) is 1. The van der Waals surface area contributed by atoms with Gasteiger partial charge in [0.1, 0.15) is 19.0 Å². The van der Waals surface area contributed by atoms with Crippen LogP contribution in [0.3, 0.4) is 0 Å². The average molecular weight is 386 g/mol. The highest BCUT2D eigenvalue weighted by atomic mass is 19.1. The number of fused-ring (bicyclic) bond motifs is 1. The van der Waals surface area contributed by atoms with Gasteiger partial charge in [-0.25, -0.2) is 4.39 Å². The van der Waals surface area contributed by atoms with Crippen LogP contribution in [0.4, 0.5) is 4.39 Å². The van der Waals surface area contributed by atoms with Crippen LogP contribution >= 0.6 is 0 Å². The second kappa shape index (κ2) is 9.06. The molecule has 0 fully saturated rings. The Morgan fingerprint density at radius 1 is 1.11 bits per heavy atom. The summed E-state index contributed by atoms with van der Waals surface area (Å²) in [6.07, 6.45) is 0. The Hall–Kier alpha value is -2.60. The van der Waals surface area contributed by atoms with Gasteiger partial charge in [-0.1, -0.05) is 32.0 Å². The van der Waals surface area contributed by atoms with Gasteiger partial charge in [0.2, 0.25) is 5.91 Å². The van der Waals surface area contributed by atoms with Crippen molar-refractivity contribution in [3.05, 3.63) is 59.4 Å².